The van der Waals surface area contributed by atoms with Crippen LogP contribution in [0, 0.1) is 23.0 Å². The molecule has 0 amide bonds. The highest BCUT2D eigenvalue weighted by Crippen LogP contribution is 2.05. The first-order valence-electron chi connectivity index (χ1n) is 18.5. The van der Waals surface area contributed by atoms with E-state index in [1.54, 1.807) is 0 Å². The lowest BCUT2D eigenvalue weighted by atomic mass is 10.1. The number of rotatable bonds is 4. The average molecular weight is 791 g/mol. The quantitative estimate of drug-likeness (QED) is 0.172. The van der Waals surface area contributed by atoms with Gasteiger partial charge in [-0.2, -0.15) is 10.5 Å². The molecule has 6 aromatic carbocycles. The van der Waals surface area contributed by atoms with Gasteiger partial charge >= 0.3 is 0 Å². The molecule has 6 nitrogen and oxygen atoms in total. The molecule has 316 valence electrons. The molecule has 0 aliphatic carbocycles. The van der Waals surface area contributed by atoms with Gasteiger partial charge in [-0.3, -0.25) is 0 Å². The van der Waals surface area contributed by atoms with Gasteiger partial charge < -0.3 is 19.7 Å². The summed E-state index contributed by atoms with van der Waals surface area (Å²) < 4.78 is 7.69. The van der Waals surface area contributed by atoms with E-state index in [2.05, 4.69) is 85.7 Å². The number of aliphatic hydroxyl groups is 2. The molecular weight excluding hydrogens is 717 g/mol. The lowest BCUT2D eigenvalue weighted by Crippen LogP contribution is -1.81. The van der Waals surface area contributed by atoms with E-state index in [0.29, 0.717) is 0 Å². The maximum atomic E-state index is 7.40. The van der Waals surface area contributed by atoms with E-state index in [4.69, 9.17) is 20.7 Å². The third kappa shape index (κ3) is 51.9. The Balaban J connectivity index is -0.000000133. The van der Waals surface area contributed by atoms with Gasteiger partial charge in [0.05, 0.1) is 14.2 Å². The Hall–Kier alpha value is -6.18. The second-order valence-corrected chi connectivity index (χ2v) is 10.3. The maximum Gasteiger partial charge on any atom is 0.286 e. The largest absolute Gasteiger partial charge is 0.431 e. The Morgan fingerprint density at radius 2 is 0.414 bits per heavy atom. The fraction of sp³-hybridized carbons (Fsp3) is 0.269. The second-order valence-electron chi connectivity index (χ2n) is 10.3. The number of hydrogen-bond acceptors (Lipinski definition) is 6. The Bertz CT molecular complexity index is 1230. The topological polar surface area (TPSA) is 106 Å². The van der Waals surface area contributed by atoms with Crippen LogP contribution >= 0.6 is 0 Å². The number of nitrogens with zero attached hydrogens (tertiary/aromatic N) is 2. The van der Waals surface area contributed by atoms with Crippen molar-refractivity contribution in [3.05, 3.63) is 216 Å². The summed E-state index contributed by atoms with van der Waals surface area (Å²) in [7, 11) is 4.64. The summed E-state index contributed by atoms with van der Waals surface area (Å²) in [6, 6.07) is 65.7. The van der Waals surface area contributed by atoms with Gasteiger partial charge in [0.25, 0.3) is 12.5 Å². The molecule has 58 heavy (non-hydrogen) atoms. The third-order valence-corrected chi connectivity index (χ3v) is 6.53. The number of benzene rings is 6. The van der Waals surface area contributed by atoms with Gasteiger partial charge in [0.2, 0.25) is 0 Å². The predicted octanol–water partition coefficient (Wildman–Crippen LogP) is 13.1. The zero-order chi connectivity index (χ0) is 42.6. The van der Waals surface area contributed by atoms with Crippen LogP contribution < -0.4 is 0 Å². The molecule has 0 fully saturated rings. The van der Waals surface area contributed by atoms with E-state index in [1.165, 1.54) is 49.0 Å². The SMILES string of the molecule is C.C.CCc1ccc(CC)cc1.CCc1ccc(CC)cc1.CO.CO.COC#N.COC#N.c1ccccc1.c1ccccc1.c1ccccc1.c1ccccc1. The fourth-order valence-electron chi connectivity index (χ4n) is 3.56. The molecule has 0 aliphatic heterocycles. The third-order valence-electron chi connectivity index (χ3n) is 6.53. The zero-order valence-corrected chi connectivity index (χ0v) is 34.9. The van der Waals surface area contributed by atoms with Gasteiger partial charge in [-0.05, 0) is 47.9 Å². The smallest absolute Gasteiger partial charge is 0.286 e. The minimum Gasteiger partial charge on any atom is -0.431 e. The van der Waals surface area contributed by atoms with Crippen LogP contribution in [0.25, 0.3) is 0 Å². The normalized spacial score (nSPS) is 7.45. The van der Waals surface area contributed by atoms with Crippen molar-refractivity contribution in [1.29, 1.82) is 10.5 Å². The highest BCUT2D eigenvalue weighted by atomic mass is 16.5. The molecule has 0 radical (unpaired) electrons. The minimum absolute atomic E-state index is 0. The lowest BCUT2D eigenvalue weighted by molar-refractivity contribution is 0.362. The van der Waals surface area contributed by atoms with Crippen molar-refractivity contribution in [2.75, 3.05) is 28.4 Å². The first-order valence-corrected chi connectivity index (χ1v) is 18.5. The van der Waals surface area contributed by atoms with Crippen molar-refractivity contribution in [1.82, 2.24) is 0 Å². The molecule has 0 heterocycles. The van der Waals surface area contributed by atoms with Crippen LogP contribution in [0.5, 0.6) is 0 Å². The summed E-state index contributed by atoms with van der Waals surface area (Å²) in [4.78, 5) is 0. The summed E-state index contributed by atoms with van der Waals surface area (Å²) in [5.41, 5.74) is 5.71. The summed E-state index contributed by atoms with van der Waals surface area (Å²) in [5.74, 6) is 0. The first kappa shape index (κ1) is 63.7. The van der Waals surface area contributed by atoms with Crippen LogP contribution in [0.15, 0.2) is 194 Å². The van der Waals surface area contributed by atoms with Crippen LogP contribution in [0.3, 0.4) is 0 Å². The number of methoxy groups -OCH3 is 2. The van der Waals surface area contributed by atoms with Crippen molar-refractivity contribution in [2.45, 2.75) is 68.2 Å². The van der Waals surface area contributed by atoms with E-state index in [1.807, 2.05) is 146 Å². The van der Waals surface area contributed by atoms with Gasteiger partial charge in [0, 0.05) is 14.2 Å². The Labute approximate surface area is 354 Å². The molecule has 6 aromatic rings. The van der Waals surface area contributed by atoms with E-state index in [0.717, 1.165) is 39.9 Å². The molecule has 6 rings (SSSR count). The van der Waals surface area contributed by atoms with Crippen molar-refractivity contribution in [3.8, 4) is 12.5 Å². The number of ether oxygens (including phenoxy) is 2. The highest BCUT2D eigenvalue weighted by Gasteiger charge is 1.89. The minimum atomic E-state index is 0. The summed E-state index contributed by atoms with van der Waals surface area (Å²) in [6.07, 6.45) is 7.43. The van der Waals surface area contributed by atoms with Crippen LogP contribution in [0.4, 0.5) is 0 Å². The molecule has 0 unspecified atom stereocenters. The van der Waals surface area contributed by atoms with Gasteiger partial charge in [-0.25, -0.2) is 0 Å². The van der Waals surface area contributed by atoms with E-state index < -0.39 is 0 Å². The Morgan fingerprint density at radius 3 is 0.466 bits per heavy atom. The molecule has 0 atom stereocenters. The number of nitriles is 2. The molecule has 0 aliphatic rings. The van der Waals surface area contributed by atoms with Crippen molar-refractivity contribution < 1.29 is 19.7 Å². The maximum absolute atomic E-state index is 7.40. The van der Waals surface area contributed by atoms with Crippen molar-refractivity contribution in [3.63, 3.8) is 0 Å². The Morgan fingerprint density at radius 1 is 0.328 bits per heavy atom. The Kier molecular flexibility index (Phi) is 66.0. The van der Waals surface area contributed by atoms with Gasteiger partial charge in [-0.15, -0.1) is 0 Å². The molecule has 0 bridgehead atoms. The standard InChI is InChI=1S/2C10H14.4C6H6.2C2H3NO.2CH4O.2CH4/c2*1-3-9-5-7-10(4-2)8-6-9;4*1-2-4-6-5-3-1;2*1-4-2-3;2*1-2;;/h2*5-8H,3-4H2,1-2H3;4*1-6H;2*1H3;2*2H,1H3;2*1H4. The summed E-state index contributed by atoms with van der Waals surface area (Å²) >= 11 is 0. The highest BCUT2D eigenvalue weighted by molar-refractivity contribution is 5.23. The van der Waals surface area contributed by atoms with Crippen LogP contribution in [0.2, 0.25) is 0 Å². The molecule has 0 saturated heterocycles. The monoisotopic (exact) mass is 791 g/mol. The zero-order valence-electron chi connectivity index (χ0n) is 34.9. The van der Waals surface area contributed by atoms with Crippen LogP contribution in [-0.2, 0) is 35.2 Å². The van der Waals surface area contributed by atoms with Crippen LogP contribution in [-0.4, -0.2) is 38.7 Å². The first-order chi connectivity index (χ1) is 27.6. The van der Waals surface area contributed by atoms with E-state index in [-0.39, 0.29) is 14.9 Å². The average Bonchev–Trinajstić information content (AvgIpc) is 3.33. The van der Waals surface area contributed by atoms with Crippen LogP contribution in [0.1, 0.15) is 64.8 Å². The predicted molar refractivity (Wildman–Crippen MR) is 251 cm³/mol. The molecule has 2 N–H and O–H groups in total. The molecule has 0 spiro atoms. The van der Waals surface area contributed by atoms with Crippen molar-refractivity contribution >= 4 is 0 Å². The second kappa shape index (κ2) is 60.1. The van der Waals surface area contributed by atoms with E-state index in [9.17, 15) is 0 Å². The van der Waals surface area contributed by atoms with Gasteiger partial charge in [0.1, 0.15) is 0 Å². The number of hydrogen-bond donors (Lipinski definition) is 2. The fourth-order valence-corrected chi connectivity index (χ4v) is 3.56. The summed E-state index contributed by atoms with van der Waals surface area (Å²) in [6.45, 7) is 8.73. The molecular formula is C52H74N2O4. The van der Waals surface area contributed by atoms with Crippen molar-refractivity contribution in [2.24, 2.45) is 0 Å². The molecule has 0 aromatic heterocycles. The van der Waals surface area contributed by atoms with Gasteiger partial charge in [0.15, 0.2) is 0 Å². The molecule has 6 heteroatoms. The number of aliphatic hydroxyl groups excluding tert-OH is 2. The van der Waals surface area contributed by atoms with E-state index >= 15 is 0 Å². The summed E-state index contributed by atoms with van der Waals surface area (Å²) in [5, 5.41) is 28.8. The lowest BCUT2D eigenvalue weighted by Gasteiger charge is -1.97. The number of aryl methyl sites for hydroxylation is 4. The molecule has 0 saturated carbocycles. The van der Waals surface area contributed by atoms with Gasteiger partial charge in [-0.1, -0.05) is 237 Å².